The second-order valence-electron chi connectivity index (χ2n) is 4.94. The lowest BCUT2D eigenvalue weighted by Gasteiger charge is -2.26. The van der Waals surface area contributed by atoms with Crippen molar-refractivity contribution in [2.75, 3.05) is 13.2 Å². The van der Waals surface area contributed by atoms with Gasteiger partial charge in [0.05, 0.1) is 11.6 Å². The fraction of sp³-hybridized carbons (Fsp3) is 0.235. The smallest absolute Gasteiger partial charge is 0.161 e. The van der Waals surface area contributed by atoms with Gasteiger partial charge in [-0.2, -0.15) is 5.26 Å². The summed E-state index contributed by atoms with van der Waals surface area (Å²) in [5.41, 5.74) is 1.77. The van der Waals surface area contributed by atoms with E-state index >= 15 is 0 Å². The highest BCUT2D eigenvalue weighted by atomic mass is 16.6. The second kappa shape index (κ2) is 6.29. The van der Waals surface area contributed by atoms with Gasteiger partial charge in [0, 0.05) is 13.1 Å². The first-order chi connectivity index (χ1) is 10.3. The van der Waals surface area contributed by atoms with Crippen LogP contribution in [-0.4, -0.2) is 19.3 Å². The van der Waals surface area contributed by atoms with Crippen molar-refractivity contribution < 1.29 is 9.47 Å². The molecule has 0 aromatic heterocycles. The zero-order valence-corrected chi connectivity index (χ0v) is 11.6. The lowest BCUT2D eigenvalue weighted by atomic mass is 10.1. The van der Waals surface area contributed by atoms with Gasteiger partial charge in [0.1, 0.15) is 12.7 Å². The largest absolute Gasteiger partial charge is 0.486 e. The van der Waals surface area contributed by atoms with Gasteiger partial charge in [0.25, 0.3) is 0 Å². The molecule has 0 aliphatic carbocycles. The molecule has 0 fully saturated rings. The molecule has 106 valence electrons. The van der Waals surface area contributed by atoms with E-state index in [1.807, 2.05) is 42.5 Å². The summed E-state index contributed by atoms with van der Waals surface area (Å²) in [7, 11) is 0. The van der Waals surface area contributed by atoms with Crippen LogP contribution in [0.1, 0.15) is 11.1 Å². The molecule has 2 aromatic rings. The van der Waals surface area contributed by atoms with Gasteiger partial charge in [-0.25, -0.2) is 0 Å². The molecule has 1 N–H and O–H groups in total. The molecule has 4 heteroatoms. The summed E-state index contributed by atoms with van der Waals surface area (Å²) in [6, 6.07) is 17.4. The number of ether oxygens (including phenoxy) is 2. The first kappa shape index (κ1) is 13.5. The summed E-state index contributed by atoms with van der Waals surface area (Å²) in [6.45, 7) is 1.95. The molecule has 1 atom stereocenters. The van der Waals surface area contributed by atoms with Crippen LogP contribution in [0.2, 0.25) is 0 Å². The van der Waals surface area contributed by atoms with E-state index in [0.29, 0.717) is 25.3 Å². The van der Waals surface area contributed by atoms with Crippen molar-refractivity contribution in [2.24, 2.45) is 0 Å². The van der Waals surface area contributed by atoms with E-state index in [-0.39, 0.29) is 6.10 Å². The molecule has 2 aromatic carbocycles. The van der Waals surface area contributed by atoms with Crippen molar-refractivity contribution in [3.05, 3.63) is 59.7 Å². The van der Waals surface area contributed by atoms with E-state index in [0.717, 1.165) is 17.1 Å². The van der Waals surface area contributed by atoms with Crippen LogP contribution in [0.25, 0.3) is 0 Å². The Labute approximate surface area is 123 Å². The molecule has 0 radical (unpaired) electrons. The fourth-order valence-electron chi connectivity index (χ4n) is 2.29. The van der Waals surface area contributed by atoms with Gasteiger partial charge < -0.3 is 14.8 Å². The molecule has 1 heterocycles. The Hall–Kier alpha value is -2.51. The minimum atomic E-state index is -0.000880. The van der Waals surface area contributed by atoms with E-state index in [4.69, 9.17) is 14.7 Å². The van der Waals surface area contributed by atoms with Crippen LogP contribution in [0.15, 0.2) is 48.5 Å². The lowest BCUT2D eigenvalue weighted by molar-refractivity contribution is 0.0902. The number of hydrogen-bond donors (Lipinski definition) is 1. The minimum Gasteiger partial charge on any atom is -0.486 e. The van der Waals surface area contributed by atoms with Crippen molar-refractivity contribution >= 4 is 0 Å². The first-order valence-electron chi connectivity index (χ1n) is 6.93. The third-order valence-electron chi connectivity index (χ3n) is 3.32. The third kappa shape index (κ3) is 3.33. The Bertz CT molecular complexity index is 664. The molecule has 4 nitrogen and oxygen atoms in total. The Balaban J connectivity index is 1.51. The Morgan fingerprint density at radius 1 is 1.14 bits per heavy atom. The van der Waals surface area contributed by atoms with Crippen molar-refractivity contribution in [3.8, 4) is 17.6 Å². The molecule has 0 saturated carbocycles. The number of nitrogens with one attached hydrogen (secondary N) is 1. The number of nitrogens with zero attached hydrogens (tertiary/aromatic N) is 1. The van der Waals surface area contributed by atoms with Crippen LogP contribution in [0.5, 0.6) is 11.5 Å². The number of benzene rings is 2. The minimum absolute atomic E-state index is 0.000880. The van der Waals surface area contributed by atoms with E-state index in [9.17, 15) is 0 Å². The van der Waals surface area contributed by atoms with Crippen LogP contribution < -0.4 is 14.8 Å². The van der Waals surface area contributed by atoms with Crippen molar-refractivity contribution in [1.29, 1.82) is 5.26 Å². The SMILES string of the molecule is N#Cc1cccc(CNCC2COc3ccccc3O2)c1. The van der Waals surface area contributed by atoms with E-state index in [1.54, 1.807) is 6.07 Å². The Morgan fingerprint density at radius 3 is 2.86 bits per heavy atom. The summed E-state index contributed by atoms with van der Waals surface area (Å²) in [6.07, 6.45) is -0.000880. The number of para-hydroxylation sites is 2. The van der Waals surface area contributed by atoms with Crippen molar-refractivity contribution in [1.82, 2.24) is 5.32 Å². The maximum Gasteiger partial charge on any atom is 0.161 e. The highest BCUT2D eigenvalue weighted by Crippen LogP contribution is 2.30. The molecule has 0 bridgehead atoms. The average Bonchev–Trinajstić information content (AvgIpc) is 2.55. The van der Waals surface area contributed by atoms with Crippen molar-refractivity contribution in [2.45, 2.75) is 12.6 Å². The Morgan fingerprint density at radius 2 is 2.00 bits per heavy atom. The molecule has 0 spiro atoms. The quantitative estimate of drug-likeness (QED) is 0.935. The standard InChI is InChI=1S/C17H16N2O2/c18-9-13-4-3-5-14(8-13)10-19-11-15-12-20-16-6-1-2-7-17(16)21-15/h1-8,15,19H,10-12H2. The second-order valence-corrected chi connectivity index (χ2v) is 4.94. The zero-order valence-electron chi connectivity index (χ0n) is 11.6. The summed E-state index contributed by atoms with van der Waals surface area (Å²) in [5.74, 6) is 1.59. The highest BCUT2D eigenvalue weighted by molar-refractivity contribution is 5.40. The monoisotopic (exact) mass is 280 g/mol. The molecule has 0 saturated heterocycles. The zero-order chi connectivity index (χ0) is 14.5. The topological polar surface area (TPSA) is 54.3 Å². The number of fused-ring (bicyclic) bond motifs is 1. The normalized spacial score (nSPS) is 16.2. The molecule has 1 aliphatic heterocycles. The number of rotatable bonds is 4. The first-order valence-corrected chi connectivity index (χ1v) is 6.93. The van der Waals surface area contributed by atoms with Gasteiger partial charge in [-0.3, -0.25) is 0 Å². The molecule has 1 unspecified atom stereocenters. The number of hydrogen-bond acceptors (Lipinski definition) is 4. The number of nitriles is 1. The predicted octanol–water partition coefficient (Wildman–Crippen LogP) is 2.49. The maximum absolute atomic E-state index is 8.88. The van der Waals surface area contributed by atoms with Crippen molar-refractivity contribution in [3.63, 3.8) is 0 Å². The van der Waals surface area contributed by atoms with Gasteiger partial charge in [0.2, 0.25) is 0 Å². The van der Waals surface area contributed by atoms with Gasteiger partial charge in [-0.15, -0.1) is 0 Å². The molecule has 1 aliphatic rings. The predicted molar refractivity (Wildman–Crippen MR) is 79.2 cm³/mol. The summed E-state index contributed by atoms with van der Waals surface area (Å²) in [5, 5.41) is 12.2. The molecule has 0 amide bonds. The Kier molecular flexibility index (Phi) is 4.04. The summed E-state index contributed by atoms with van der Waals surface area (Å²) in [4.78, 5) is 0. The maximum atomic E-state index is 8.88. The van der Waals surface area contributed by atoms with Crippen LogP contribution in [0.3, 0.4) is 0 Å². The molecular weight excluding hydrogens is 264 g/mol. The molecular formula is C17H16N2O2. The summed E-state index contributed by atoms with van der Waals surface area (Å²) >= 11 is 0. The third-order valence-corrected chi connectivity index (χ3v) is 3.32. The van der Waals surface area contributed by atoms with Gasteiger partial charge in [-0.05, 0) is 29.8 Å². The summed E-state index contributed by atoms with van der Waals surface area (Å²) < 4.78 is 11.5. The fourth-order valence-corrected chi connectivity index (χ4v) is 2.29. The van der Waals surface area contributed by atoms with Gasteiger partial charge in [-0.1, -0.05) is 24.3 Å². The molecule has 21 heavy (non-hydrogen) atoms. The van der Waals surface area contributed by atoms with Crippen LogP contribution in [0, 0.1) is 11.3 Å². The van der Waals surface area contributed by atoms with Gasteiger partial charge in [0.15, 0.2) is 11.5 Å². The highest BCUT2D eigenvalue weighted by Gasteiger charge is 2.19. The van der Waals surface area contributed by atoms with Crippen LogP contribution >= 0.6 is 0 Å². The van der Waals surface area contributed by atoms with E-state index < -0.39 is 0 Å². The van der Waals surface area contributed by atoms with E-state index in [2.05, 4.69) is 11.4 Å². The average molecular weight is 280 g/mol. The van der Waals surface area contributed by atoms with E-state index in [1.165, 1.54) is 0 Å². The van der Waals surface area contributed by atoms with Crippen LogP contribution in [0.4, 0.5) is 0 Å². The van der Waals surface area contributed by atoms with Gasteiger partial charge >= 0.3 is 0 Å². The van der Waals surface area contributed by atoms with Crippen LogP contribution in [-0.2, 0) is 6.54 Å². The lowest BCUT2D eigenvalue weighted by Crippen LogP contribution is -2.38. The molecule has 3 rings (SSSR count).